The van der Waals surface area contributed by atoms with E-state index in [9.17, 15) is 0 Å². The van der Waals surface area contributed by atoms with E-state index in [4.69, 9.17) is 5.73 Å². The molecule has 2 rings (SSSR count). The molecule has 2 N–H and O–H groups in total. The molecular weight excluding hydrogens is 190 g/mol. The monoisotopic (exact) mass is 205 g/mol. The molecule has 5 nitrogen and oxygen atoms in total. The van der Waals surface area contributed by atoms with Gasteiger partial charge in [0.2, 0.25) is 5.95 Å². The van der Waals surface area contributed by atoms with E-state index < -0.39 is 0 Å². The lowest BCUT2D eigenvalue weighted by atomic mass is 10.2. The summed E-state index contributed by atoms with van der Waals surface area (Å²) in [5.41, 5.74) is 7.20. The first-order valence-electron chi connectivity index (χ1n) is 5.21. The Morgan fingerprint density at radius 2 is 2.07 bits per heavy atom. The van der Waals surface area contributed by atoms with Crippen molar-refractivity contribution in [3.63, 3.8) is 0 Å². The van der Waals surface area contributed by atoms with E-state index >= 15 is 0 Å². The molecule has 0 radical (unpaired) electrons. The van der Waals surface area contributed by atoms with Crippen LogP contribution >= 0.6 is 0 Å². The molecule has 2 aromatic rings. The Labute approximate surface area is 88.4 Å². The van der Waals surface area contributed by atoms with Gasteiger partial charge in [0.25, 0.3) is 0 Å². The van der Waals surface area contributed by atoms with Gasteiger partial charge in [-0.05, 0) is 12.8 Å². The number of rotatable bonds is 3. The van der Waals surface area contributed by atoms with E-state index in [2.05, 4.69) is 33.4 Å². The quantitative estimate of drug-likeness (QED) is 0.829. The van der Waals surface area contributed by atoms with Crippen molar-refractivity contribution in [1.29, 1.82) is 0 Å². The maximum absolute atomic E-state index is 5.57. The Balaban J connectivity index is 2.55. The van der Waals surface area contributed by atoms with Crippen LogP contribution in [0.5, 0.6) is 0 Å². The fourth-order valence-electron chi connectivity index (χ4n) is 1.79. The lowest BCUT2D eigenvalue weighted by Crippen LogP contribution is -2.07. The van der Waals surface area contributed by atoms with Gasteiger partial charge in [-0.15, -0.1) is 0 Å². The van der Waals surface area contributed by atoms with E-state index in [0.29, 0.717) is 12.0 Å². The summed E-state index contributed by atoms with van der Waals surface area (Å²) < 4.78 is 2.08. The van der Waals surface area contributed by atoms with Crippen LogP contribution in [0.1, 0.15) is 32.7 Å². The molecule has 0 aliphatic heterocycles. The molecule has 5 heteroatoms. The number of nitrogen functional groups attached to an aromatic ring is 1. The molecule has 2 heterocycles. The number of hydrogen-bond donors (Lipinski definition) is 1. The second-order valence-electron chi connectivity index (χ2n) is 3.56. The number of hydrogen-bond acceptors (Lipinski definition) is 4. The number of fused-ring (bicyclic) bond motifs is 1. The predicted octanol–water partition coefficient (Wildman–Crippen LogP) is 1.77. The summed E-state index contributed by atoms with van der Waals surface area (Å²) in [4.78, 5) is 12.4. The largest absolute Gasteiger partial charge is 0.368 e. The van der Waals surface area contributed by atoms with Gasteiger partial charge in [-0.1, -0.05) is 13.8 Å². The van der Waals surface area contributed by atoms with Crippen LogP contribution in [-0.2, 0) is 0 Å². The zero-order valence-corrected chi connectivity index (χ0v) is 9.01. The number of anilines is 1. The normalized spacial score (nSPS) is 11.4. The summed E-state index contributed by atoms with van der Waals surface area (Å²) in [5, 5.41) is 0. The van der Waals surface area contributed by atoms with Crippen molar-refractivity contribution in [2.45, 2.75) is 32.7 Å². The third-order valence-corrected chi connectivity index (χ3v) is 2.67. The second kappa shape index (κ2) is 3.84. The molecule has 80 valence electrons. The zero-order valence-electron chi connectivity index (χ0n) is 9.01. The maximum Gasteiger partial charge on any atom is 0.222 e. The Bertz CT molecular complexity index is 458. The van der Waals surface area contributed by atoms with E-state index in [1.165, 1.54) is 0 Å². The van der Waals surface area contributed by atoms with Crippen LogP contribution in [0.25, 0.3) is 11.2 Å². The first kappa shape index (κ1) is 9.89. The first-order chi connectivity index (χ1) is 7.26. The predicted molar refractivity (Wildman–Crippen MR) is 59.4 cm³/mol. The first-order valence-corrected chi connectivity index (χ1v) is 5.21. The highest BCUT2D eigenvalue weighted by Crippen LogP contribution is 2.20. The zero-order chi connectivity index (χ0) is 10.8. The summed E-state index contributed by atoms with van der Waals surface area (Å²) >= 11 is 0. The van der Waals surface area contributed by atoms with Gasteiger partial charge < -0.3 is 10.3 Å². The van der Waals surface area contributed by atoms with Gasteiger partial charge in [0.05, 0.1) is 12.5 Å². The van der Waals surface area contributed by atoms with Crippen LogP contribution in [0.3, 0.4) is 0 Å². The third-order valence-electron chi connectivity index (χ3n) is 2.67. The lowest BCUT2D eigenvalue weighted by Gasteiger charge is -2.14. The average Bonchev–Trinajstić information content (AvgIpc) is 2.64. The molecular formula is C10H15N5. The number of nitrogens with two attached hydrogens (primary N) is 1. The molecule has 0 amide bonds. The van der Waals surface area contributed by atoms with E-state index in [-0.39, 0.29) is 0 Å². The summed E-state index contributed by atoms with van der Waals surface area (Å²) in [6, 6.07) is 0.435. The highest BCUT2D eigenvalue weighted by atomic mass is 15.2. The second-order valence-corrected chi connectivity index (χ2v) is 3.56. The molecule has 0 atom stereocenters. The molecule has 0 saturated carbocycles. The van der Waals surface area contributed by atoms with Gasteiger partial charge >= 0.3 is 0 Å². The van der Waals surface area contributed by atoms with Crippen LogP contribution in [0.4, 0.5) is 5.95 Å². The van der Waals surface area contributed by atoms with Crippen molar-refractivity contribution in [3.8, 4) is 0 Å². The van der Waals surface area contributed by atoms with Crippen molar-refractivity contribution < 1.29 is 0 Å². The van der Waals surface area contributed by atoms with E-state index in [0.717, 1.165) is 24.0 Å². The molecule has 2 aromatic heterocycles. The van der Waals surface area contributed by atoms with Crippen LogP contribution in [0.2, 0.25) is 0 Å². The minimum Gasteiger partial charge on any atom is -0.368 e. The van der Waals surface area contributed by atoms with Crippen molar-refractivity contribution in [2.75, 3.05) is 5.73 Å². The smallest absolute Gasteiger partial charge is 0.222 e. The van der Waals surface area contributed by atoms with Crippen molar-refractivity contribution in [3.05, 3.63) is 12.5 Å². The Hall–Kier alpha value is -1.65. The van der Waals surface area contributed by atoms with Gasteiger partial charge in [-0.2, -0.15) is 4.98 Å². The van der Waals surface area contributed by atoms with Gasteiger partial charge in [-0.3, -0.25) is 0 Å². The van der Waals surface area contributed by atoms with E-state index in [1.54, 1.807) is 6.20 Å². The average molecular weight is 205 g/mol. The molecule has 15 heavy (non-hydrogen) atoms. The summed E-state index contributed by atoms with van der Waals surface area (Å²) in [6.45, 7) is 4.31. The molecule has 0 spiro atoms. The summed E-state index contributed by atoms with van der Waals surface area (Å²) in [6.07, 6.45) is 5.60. The molecule has 0 aliphatic carbocycles. The van der Waals surface area contributed by atoms with Crippen molar-refractivity contribution >= 4 is 17.1 Å². The van der Waals surface area contributed by atoms with Crippen LogP contribution in [0, 0.1) is 0 Å². The Morgan fingerprint density at radius 1 is 1.33 bits per heavy atom. The molecule has 0 fully saturated rings. The SMILES string of the molecule is CCC(CC)n1cnc2cnc(N)nc21. The molecule has 0 saturated heterocycles. The molecule has 0 bridgehead atoms. The minimum atomic E-state index is 0.301. The topological polar surface area (TPSA) is 69.6 Å². The Kier molecular flexibility index (Phi) is 2.53. The number of aromatic nitrogens is 4. The lowest BCUT2D eigenvalue weighted by molar-refractivity contribution is 0.480. The van der Waals surface area contributed by atoms with Crippen molar-refractivity contribution in [2.24, 2.45) is 0 Å². The van der Waals surface area contributed by atoms with Gasteiger partial charge in [0.15, 0.2) is 5.65 Å². The Morgan fingerprint density at radius 3 is 2.73 bits per heavy atom. The van der Waals surface area contributed by atoms with E-state index in [1.807, 2.05) is 6.33 Å². The number of nitrogens with zero attached hydrogens (tertiary/aromatic N) is 4. The van der Waals surface area contributed by atoms with Gasteiger partial charge in [-0.25, -0.2) is 9.97 Å². The highest BCUT2D eigenvalue weighted by Gasteiger charge is 2.11. The summed E-state index contributed by atoms with van der Waals surface area (Å²) in [5.74, 6) is 0.301. The fourth-order valence-corrected chi connectivity index (χ4v) is 1.79. The van der Waals surface area contributed by atoms with Gasteiger partial charge in [0, 0.05) is 6.04 Å². The number of imidazole rings is 1. The van der Waals surface area contributed by atoms with Crippen molar-refractivity contribution in [1.82, 2.24) is 19.5 Å². The molecule has 0 aliphatic rings. The highest BCUT2D eigenvalue weighted by molar-refractivity contribution is 5.70. The van der Waals surface area contributed by atoms with Crippen LogP contribution in [0.15, 0.2) is 12.5 Å². The molecule has 0 aromatic carbocycles. The fraction of sp³-hybridized carbons (Fsp3) is 0.500. The molecule has 0 unspecified atom stereocenters. The van der Waals surface area contributed by atoms with Gasteiger partial charge in [0.1, 0.15) is 5.52 Å². The maximum atomic E-state index is 5.57. The van der Waals surface area contributed by atoms with Crippen LogP contribution in [-0.4, -0.2) is 19.5 Å². The third kappa shape index (κ3) is 1.65. The van der Waals surface area contributed by atoms with Crippen LogP contribution < -0.4 is 5.73 Å². The summed E-state index contributed by atoms with van der Waals surface area (Å²) in [7, 11) is 0. The minimum absolute atomic E-state index is 0.301. The standard InChI is InChI=1S/C10H15N5/c1-3-7(4-2)15-6-13-8-5-12-10(11)14-9(8)15/h5-7H,3-4H2,1-2H3,(H2,11,12,14).